The second-order valence-electron chi connectivity index (χ2n) is 6.39. The van der Waals surface area contributed by atoms with Gasteiger partial charge in [-0.3, -0.25) is 9.59 Å². The summed E-state index contributed by atoms with van der Waals surface area (Å²) in [5.74, 6) is 0.191. The van der Waals surface area contributed by atoms with Crippen molar-refractivity contribution in [2.45, 2.75) is 25.7 Å². The first-order chi connectivity index (χ1) is 11.1. The van der Waals surface area contributed by atoms with Crippen LogP contribution in [0.3, 0.4) is 0 Å². The van der Waals surface area contributed by atoms with Crippen LogP contribution in [0.15, 0.2) is 24.3 Å². The van der Waals surface area contributed by atoms with E-state index in [0.717, 1.165) is 18.5 Å². The molecule has 1 saturated heterocycles. The van der Waals surface area contributed by atoms with Gasteiger partial charge in [0.05, 0.1) is 5.41 Å². The topological polar surface area (TPSA) is 93.5 Å². The molecule has 24 heavy (non-hydrogen) atoms. The van der Waals surface area contributed by atoms with Gasteiger partial charge in [-0.25, -0.2) is 0 Å². The Morgan fingerprint density at radius 2 is 1.62 bits per heavy atom. The molecule has 1 aliphatic heterocycles. The third-order valence-corrected chi connectivity index (χ3v) is 4.68. The van der Waals surface area contributed by atoms with Gasteiger partial charge in [0.15, 0.2) is 0 Å². The van der Waals surface area contributed by atoms with Crippen LogP contribution in [0.25, 0.3) is 0 Å². The molecule has 0 aromatic heterocycles. The standard InChI is InChI=1S/C17H23N3O3.ClH/c18-11-17(7-9-23-10-8-17)16(22)20-14-5-3-13(4-6-14)19-15(21)12-1-2-12;/h3-6,12H,1-2,7-11,18H2,(H,19,21)(H,20,22);1H. The molecule has 4 N–H and O–H groups in total. The monoisotopic (exact) mass is 353 g/mol. The van der Waals surface area contributed by atoms with Crippen LogP contribution in [-0.4, -0.2) is 31.6 Å². The lowest BCUT2D eigenvalue weighted by molar-refractivity contribution is -0.130. The minimum atomic E-state index is -0.545. The number of nitrogens with two attached hydrogens (primary N) is 1. The predicted molar refractivity (Wildman–Crippen MR) is 95.2 cm³/mol. The maximum absolute atomic E-state index is 12.6. The largest absolute Gasteiger partial charge is 0.381 e. The lowest BCUT2D eigenvalue weighted by Gasteiger charge is -2.34. The van der Waals surface area contributed by atoms with Crippen LogP contribution < -0.4 is 16.4 Å². The molecule has 1 aromatic carbocycles. The van der Waals surface area contributed by atoms with E-state index in [0.29, 0.717) is 38.3 Å². The summed E-state index contributed by atoms with van der Waals surface area (Å²) in [6.07, 6.45) is 3.24. The quantitative estimate of drug-likeness (QED) is 0.756. The molecule has 0 spiro atoms. The molecule has 1 heterocycles. The van der Waals surface area contributed by atoms with Gasteiger partial charge in [-0.2, -0.15) is 0 Å². The molecule has 7 heteroatoms. The number of rotatable bonds is 5. The first kappa shape index (κ1) is 18.7. The number of nitrogens with one attached hydrogen (secondary N) is 2. The lowest BCUT2D eigenvalue weighted by atomic mass is 9.79. The van der Waals surface area contributed by atoms with Crippen molar-refractivity contribution >= 4 is 35.6 Å². The van der Waals surface area contributed by atoms with Crippen LogP contribution in [0.2, 0.25) is 0 Å². The predicted octanol–water partition coefficient (Wildman–Crippen LogP) is 2.15. The second kappa shape index (κ2) is 7.96. The Hall–Kier alpha value is -1.63. The molecule has 1 aliphatic carbocycles. The van der Waals surface area contributed by atoms with E-state index in [1.165, 1.54) is 0 Å². The van der Waals surface area contributed by atoms with Crippen molar-refractivity contribution in [1.82, 2.24) is 0 Å². The summed E-state index contributed by atoms with van der Waals surface area (Å²) in [7, 11) is 0. The maximum Gasteiger partial charge on any atom is 0.232 e. The number of anilines is 2. The molecule has 2 fully saturated rings. The van der Waals surface area contributed by atoms with E-state index < -0.39 is 5.41 Å². The van der Waals surface area contributed by atoms with Crippen molar-refractivity contribution < 1.29 is 14.3 Å². The maximum atomic E-state index is 12.6. The summed E-state index contributed by atoms with van der Waals surface area (Å²) in [4.78, 5) is 24.3. The molecule has 0 unspecified atom stereocenters. The Bertz CT molecular complexity index is 581. The van der Waals surface area contributed by atoms with Gasteiger partial charge in [0.25, 0.3) is 0 Å². The molecule has 132 valence electrons. The molecule has 1 saturated carbocycles. The van der Waals surface area contributed by atoms with Gasteiger partial charge in [0.2, 0.25) is 11.8 Å². The van der Waals surface area contributed by atoms with Gasteiger partial charge in [0.1, 0.15) is 0 Å². The van der Waals surface area contributed by atoms with Crippen LogP contribution in [0, 0.1) is 11.3 Å². The summed E-state index contributed by atoms with van der Waals surface area (Å²) in [6.45, 7) is 1.45. The average molecular weight is 354 g/mol. The Kier molecular flexibility index (Phi) is 6.21. The van der Waals surface area contributed by atoms with Crippen molar-refractivity contribution in [2.24, 2.45) is 17.1 Å². The molecule has 6 nitrogen and oxygen atoms in total. The summed E-state index contributed by atoms with van der Waals surface area (Å²) >= 11 is 0. The lowest BCUT2D eigenvalue weighted by Crippen LogP contribution is -2.46. The van der Waals surface area contributed by atoms with Gasteiger partial charge in [-0.15, -0.1) is 12.4 Å². The number of halogens is 1. The smallest absolute Gasteiger partial charge is 0.232 e. The number of amides is 2. The first-order valence-corrected chi connectivity index (χ1v) is 8.13. The highest BCUT2D eigenvalue weighted by Gasteiger charge is 2.38. The fraction of sp³-hybridized carbons (Fsp3) is 0.529. The summed E-state index contributed by atoms with van der Waals surface area (Å²) in [5.41, 5.74) is 6.75. The van der Waals surface area contributed by atoms with Crippen molar-refractivity contribution in [3.05, 3.63) is 24.3 Å². The van der Waals surface area contributed by atoms with Crippen LogP contribution in [0.5, 0.6) is 0 Å². The molecular weight excluding hydrogens is 330 g/mol. The van der Waals surface area contributed by atoms with Gasteiger partial charge in [-0.1, -0.05) is 0 Å². The van der Waals surface area contributed by atoms with E-state index in [1.54, 1.807) is 24.3 Å². The molecular formula is C17H24ClN3O3. The minimum absolute atomic E-state index is 0. The van der Waals surface area contributed by atoms with Crippen molar-refractivity contribution in [1.29, 1.82) is 0 Å². The fourth-order valence-corrected chi connectivity index (χ4v) is 2.78. The van der Waals surface area contributed by atoms with Gasteiger partial charge in [0, 0.05) is 37.1 Å². The zero-order valence-electron chi connectivity index (χ0n) is 13.5. The third-order valence-electron chi connectivity index (χ3n) is 4.68. The molecule has 1 aromatic rings. The van der Waals surface area contributed by atoms with Crippen molar-refractivity contribution in [3.63, 3.8) is 0 Å². The SMILES string of the molecule is Cl.NCC1(C(=O)Nc2ccc(NC(=O)C3CC3)cc2)CCOCC1. The summed E-state index contributed by atoms with van der Waals surface area (Å²) < 4.78 is 5.33. The molecule has 3 rings (SSSR count). The molecule has 2 amide bonds. The number of carbonyl (C=O) groups excluding carboxylic acids is 2. The molecule has 0 radical (unpaired) electrons. The Morgan fingerprint density at radius 3 is 2.12 bits per heavy atom. The number of carbonyl (C=O) groups is 2. The Labute approximate surface area is 147 Å². The summed E-state index contributed by atoms with van der Waals surface area (Å²) in [6, 6.07) is 7.19. The first-order valence-electron chi connectivity index (χ1n) is 8.13. The number of hydrogen-bond acceptors (Lipinski definition) is 4. The third kappa shape index (κ3) is 4.26. The highest BCUT2D eigenvalue weighted by molar-refractivity contribution is 5.97. The normalized spacial score (nSPS) is 19.0. The highest BCUT2D eigenvalue weighted by atomic mass is 35.5. The van der Waals surface area contributed by atoms with E-state index in [9.17, 15) is 9.59 Å². The second-order valence-corrected chi connectivity index (χ2v) is 6.39. The highest BCUT2D eigenvalue weighted by Crippen LogP contribution is 2.32. The van der Waals surface area contributed by atoms with E-state index in [4.69, 9.17) is 10.5 Å². The summed E-state index contributed by atoms with van der Waals surface area (Å²) in [5, 5.41) is 5.81. The van der Waals surface area contributed by atoms with Gasteiger partial charge < -0.3 is 21.1 Å². The van der Waals surface area contributed by atoms with Crippen molar-refractivity contribution in [3.8, 4) is 0 Å². The van der Waals surface area contributed by atoms with E-state index in [1.807, 2.05) is 0 Å². The van der Waals surface area contributed by atoms with Crippen LogP contribution in [0.1, 0.15) is 25.7 Å². The van der Waals surface area contributed by atoms with Crippen LogP contribution in [-0.2, 0) is 14.3 Å². The van der Waals surface area contributed by atoms with Crippen LogP contribution >= 0.6 is 12.4 Å². The zero-order chi connectivity index (χ0) is 16.3. The number of ether oxygens (including phenoxy) is 1. The van der Waals surface area contributed by atoms with E-state index >= 15 is 0 Å². The van der Waals surface area contributed by atoms with E-state index in [-0.39, 0.29) is 30.1 Å². The van der Waals surface area contributed by atoms with Crippen LogP contribution in [0.4, 0.5) is 11.4 Å². The molecule has 2 aliphatic rings. The number of benzene rings is 1. The zero-order valence-corrected chi connectivity index (χ0v) is 14.4. The Balaban J connectivity index is 0.00000208. The molecule has 0 atom stereocenters. The van der Waals surface area contributed by atoms with E-state index in [2.05, 4.69) is 10.6 Å². The average Bonchev–Trinajstić information content (AvgIpc) is 3.42. The number of hydrogen-bond donors (Lipinski definition) is 3. The minimum Gasteiger partial charge on any atom is -0.381 e. The Morgan fingerprint density at radius 1 is 1.08 bits per heavy atom. The van der Waals surface area contributed by atoms with Gasteiger partial charge in [-0.05, 0) is 49.9 Å². The fourth-order valence-electron chi connectivity index (χ4n) is 2.78. The molecule has 0 bridgehead atoms. The van der Waals surface area contributed by atoms with Gasteiger partial charge >= 0.3 is 0 Å². The van der Waals surface area contributed by atoms with Crippen molar-refractivity contribution in [2.75, 3.05) is 30.4 Å².